The molecule has 1 aliphatic heterocycles. The Kier molecular flexibility index (Phi) is 3.92. The van der Waals surface area contributed by atoms with Crippen molar-refractivity contribution in [2.75, 3.05) is 11.4 Å². The standard InChI is InChI=1S/C16H15BrN2O2/c17-10-14-9-15(5-6-16(14)19(20)21)18-8-7-12-3-1-2-4-13(12)11-18/h1-6,9H,7-8,10-11H2. The highest BCUT2D eigenvalue weighted by molar-refractivity contribution is 9.08. The minimum Gasteiger partial charge on any atom is -0.367 e. The number of hydrogen-bond donors (Lipinski definition) is 0. The smallest absolute Gasteiger partial charge is 0.273 e. The van der Waals surface area contributed by atoms with Crippen molar-refractivity contribution in [2.45, 2.75) is 18.3 Å². The van der Waals surface area contributed by atoms with Crippen molar-refractivity contribution in [3.05, 3.63) is 69.3 Å². The van der Waals surface area contributed by atoms with Crippen LogP contribution in [0.3, 0.4) is 0 Å². The van der Waals surface area contributed by atoms with Gasteiger partial charge in [0.1, 0.15) is 0 Å². The zero-order valence-electron chi connectivity index (χ0n) is 11.5. The van der Waals surface area contributed by atoms with E-state index in [1.54, 1.807) is 6.07 Å². The average molecular weight is 347 g/mol. The highest BCUT2D eigenvalue weighted by atomic mass is 79.9. The van der Waals surface area contributed by atoms with Crippen LogP contribution in [0.5, 0.6) is 0 Å². The lowest BCUT2D eigenvalue weighted by Gasteiger charge is -2.31. The number of fused-ring (bicyclic) bond motifs is 1. The van der Waals surface area contributed by atoms with Gasteiger partial charge in [-0.05, 0) is 29.7 Å². The zero-order chi connectivity index (χ0) is 14.8. The topological polar surface area (TPSA) is 46.4 Å². The number of nitrogens with zero attached hydrogens (tertiary/aromatic N) is 2. The van der Waals surface area contributed by atoms with Gasteiger partial charge in [0, 0.05) is 35.7 Å². The van der Waals surface area contributed by atoms with Crippen LogP contribution in [0.15, 0.2) is 42.5 Å². The molecule has 1 aliphatic rings. The van der Waals surface area contributed by atoms with Crippen molar-refractivity contribution in [2.24, 2.45) is 0 Å². The van der Waals surface area contributed by atoms with Gasteiger partial charge in [-0.1, -0.05) is 40.2 Å². The third-order valence-electron chi connectivity index (χ3n) is 3.90. The third-order valence-corrected chi connectivity index (χ3v) is 4.50. The predicted octanol–water partition coefficient (Wildman–Crippen LogP) is 4.05. The highest BCUT2D eigenvalue weighted by Crippen LogP contribution is 2.30. The Labute approximate surface area is 131 Å². The number of benzene rings is 2. The van der Waals surface area contributed by atoms with E-state index in [1.807, 2.05) is 12.1 Å². The molecule has 0 unspecified atom stereocenters. The van der Waals surface area contributed by atoms with E-state index in [9.17, 15) is 10.1 Å². The largest absolute Gasteiger partial charge is 0.367 e. The first-order valence-electron chi connectivity index (χ1n) is 6.84. The first kappa shape index (κ1) is 14.1. The molecule has 5 heteroatoms. The summed E-state index contributed by atoms with van der Waals surface area (Å²) in [6, 6.07) is 13.8. The Morgan fingerprint density at radius 1 is 1.19 bits per heavy atom. The van der Waals surface area contributed by atoms with Crippen molar-refractivity contribution in [3.8, 4) is 0 Å². The van der Waals surface area contributed by atoms with Crippen LogP contribution in [-0.4, -0.2) is 11.5 Å². The van der Waals surface area contributed by atoms with Crippen LogP contribution in [0.1, 0.15) is 16.7 Å². The molecule has 21 heavy (non-hydrogen) atoms. The summed E-state index contributed by atoms with van der Waals surface area (Å²) in [5, 5.41) is 11.5. The second-order valence-corrected chi connectivity index (χ2v) is 5.70. The second-order valence-electron chi connectivity index (χ2n) is 5.14. The van der Waals surface area contributed by atoms with Gasteiger partial charge in [-0.25, -0.2) is 0 Å². The molecule has 4 nitrogen and oxygen atoms in total. The summed E-state index contributed by atoms with van der Waals surface area (Å²) in [6.45, 7) is 1.80. The highest BCUT2D eigenvalue weighted by Gasteiger charge is 2.19. The molecule has 1 heterocycles. The molecule has 108 valence electrons. The van der Waals surface area contributed by atoms with Gasteiger partial charge in [-0.2, -0.15) is 0 Å². The lowest BCUT2D eigenvalue weighted by Crippen LogP contribution is -2.30. The Bertz CT molecular complexity index is 688. The van der Waals surface area contributed by atoms with Crippen molar-refractivity contribution >= 4 is 27.3 Å². The van der Waals surface area contributed by atoms with Gasteiger partial charge in [0.15, 0.2) is 0 Å². The maximum absolute atomic E-state index is 11.0. The summed E-state index contributed by atoms with van der Waals surface area (Å²) in [7, 11) is 0. The summed E-state index contributed by atoms with van der Waals surface area (Å²) < 4.78 is 0. The third kappa shape index (κ3) is 2.78. The van der Waals surface area contributed by atoms with Crippen molar-refractivity contribution in [1.29, 1.82) is 0 Å². The first-order valence-corrected chi connectivity index (χ1v) is 7.96. The fourth-order valence-corrected chi connectivity index (χ4v) is 3.22. The van der Waals surface area contributed by atoms with Crippen molar-refractivity contribution in [3.63, 3.8) is 0 Å². The Balaban J connectivity index is 1.90. The summed E-state index contributed by atoms with van der Waals surface area (Å²) in [6.07, 6.45) is 1.01. The molecule has 2 aromatic carbocycles. The van der Waals surface area contributed by atoms with E-state index in [0.717, 1.165) is 30.8 Å². The maximum Gasteiger partial charge on any atom is 0.273 e. The van der Waals surface area contributed by atoms with Gasteiger partial charge in [-0.3, -0.25) is 10.1 Å². The van der Waals surface area contributed by atoms with Crippen molar-refractivity contribution in [1.82, 2.24) is 0 Å². The molecule has 0 aliphatic carbocycles. The van der Waals surface area contributed by atoms with Crippen LogP contribution in [0.25, 0.3) is 0 Å². The molecular weight excluding hydrogens is 332 g/mol. The molecule has 0 saturated carbocycles. The second kappa shape index (κ2) is 5.85. The monoisotopic (exact) mass is 346 g/mol. The van der Waals surface area contributed by atoms with E-state index >= 15 is 0 Å². The zero-order valence-corrected chi connectivity index (χ0v) is 13.0. The van der Waals surface area contributed by atoms with E-state index in [2.05, 4.69) is 45.1 Å². The summed E-state index contributed by atoms with van der Waals surface area (Å²) in [4.78, 5) is 13.0. The molecular formula is C16H15BrN2O2. The van der Waals surface area contributed by atoms with Crippen LogP contribution in [0.2, 0.25) is 0 Å². The molecule has 0 radical (unpaired) electrons. The van der Waals surface area contributed by atoms with Gasteiger partial charge < -0.3 is 4.90 Å². The van der Waals surface area contributed by atoms with Crippen LogP contribution < -0.4 is 4.90 Å². The molecule has 0 N–H and O–H groups in total. The van der Waals surface area contributed by atoms with Crippen LogP contribution >= 0.6 is 15.9 Å². The van der Waals surface area contributed by atoms with E-state index in [4.69, 9.17) is 0 Å². The molecule has 2 aromatic rings. The molecule has 0 bridgehead atoms. The number of halogens is 1. The van der Waals surface area contributed by atoms with E-state index in [0.29, 0.717) is 5.33 Å². The fraction of sp³-hybridized carbons (Fsp3) is 0.250. The van der Waals surface area contributed by atoms with Gasteiger partial charge in [0.25, 0.3) is 5.69 Å². The minimum atomic E-state index is -0.328. The summed E-state index contributed by atoms with van der Waals surface area (Å²) in [5.74, 6) is 0. The average Bonchev–Trinajstić information content (AvgIpc) is 2.53. The predicted molar refractivity (Wildman–Crippen MR) is 86.9 cm³/mol. The summed E-state index contributed by atoms with van der Waals surface area (Å²) >= 11 is 3.34. The SMILES string of the molecule is O=[N+]([O-])c1ccc(N2CCc3ccccc3C2)cc1CBr. The minimum absolute atomic E-state index is 0.174. The fourth-order valence-electron chi connectivity index (χ4n) is 2.77. The van der Waals surface area contributed by atoms with Gasteiger partial charge in [0.05, 0.1) is 4.92 Å². The van der Waals surface area contributed by atoms with Crippen LogP contribution in [0.4, 0.5) is 11.4 Å². The Morgan fingerprint density at radius 2 is 1.95 bits per heavy atom. The molecule has 0 saturated heterocycles. The van der Waals surface area contributed by atoms with Crippen molar-refractivity contribution < 1.29 is 4.92 Å². The lowest BCUT2D eigenvalue weighted by molar-refractivity contribution is -0.385. The summed E-state index contributed by atoms with van der Waals surface area (Å²) in [5.41, 5.74) is 4.67. The van der Waals surface area contributed by atoms with E-state index < -0.39 is 0 Å². The Hall–Kier alpha value is -1.88. The molecule has 3 rings (SSSR count). The molecule has 0 amide bonds. The normalized spacial score (nSPS) is 13.9. The van der Waals surface area contributed by atoms with E-state index in [1.165, 1.54) is 11.1 Å². The lowest BCUT2D eigenvalue weighted by atomic mass is 9.99. The number of nitro benzene ring substituents is 1. The van der Waals surface area contributed by atoms with E-state index in [-0.39, 0.29) is 10.6 Å². The molecule has 0 spiro atoms. The number of rotatable bonds is 3. The van der Waals surface area contributed by atoms with Crippen LogP contribution in [-0.2, 0) is 18.3 Å². The van der Waals surface area contributed by atoms with Gasteiger partial charge in [-0.15, -0.1) is 0 Å². The number of hydrogen-bond acceptors (Lipinski definition) is 3. The first-order chi connectivity index (χ1) is 10.2. The number of alkyl halides is 1. The molecule has 0 fully saturated rings. The number of anilines is 1. The van der Waals surface area contributed by atoms with Gasteiger partial charge in [0.2, 0.25) is 0 Å². The molecule has 0 aromatic heterocycles. The quantitative estimate of drug-likeness (QED) is 0.478. The maximum atomic E-state index is 11.0. The van der Waals surface area contributed by atoms with Gasteiger partial charge >= 0.3 is 0 Å². The molecule has 0 atom stereocenters. The van der Waals surface area contributed by atoms with Crippen LogP contribution in [0, 0.1) is 10.1 Å². The Morgan fingerprint density at radius 3 is 2.67 bits per heavy atom. The number of nitro groups is 1.